The molecule has 6 rings (SSSR count). The van der Waals surface area contributed by atoms with Crippen molar-refractivity contribution in [2.75, 3.05) is 5.73 Å². The minimum absolute atomic E-state index is 0.0159. The molecule has 0 aliphatic heterocycles. The SMILES string of the molecule is Cn1ccc(-c2nc(N)c(OCc3ccc(C4CC4C(=O)O)cn3)nc2-c2cc(Cl)c3ncccc3c2)n1. The molecule has 1 fully saturated rings. The van der Waals surface area contributed by atoms with Crippen molar-refractivity contribution in [1.82, 2.24) is 29.7 Å². The number of aromatic nitrogens is 6. The van der Waals surface area contributed by atoms with Gasteiger partial charge in [0.15, 0.2) is 5.82 Å². The summed E-state index contributed by atoms with van der Waals surface area (Å²) < 4.78 is 7.62. The Morgan fingerprint density at radius 1 is 1.18 bits per heavy atom. The highest BCUT2D eigenvalue weighted by atomic mass is 35.5. The van der Waals surface area contributed by atoms with E-state index in [1.165, 1.54) is 0 Å². The number of fused-ring (bicyclic) bond motifs is 1. The number of benzene rings is 1. The molecule has 1 aromatic carbocycles. The maximum Gasteiger partial charge on any atom is 0.307 e. The molecule has 4 aromatic heterocycles. The number of rotatable bonds is 7. The molecule has 5 aromatic rings. The number of nitrogens with two attached hydrogens (primary N) is 1. The number of aliphatic carboxylic acids is 1. The first-order chi connectivity index (χ1) is 18.4. The van der Waals surface area contributed by atoms with E-state index < -0.39 is 5.97 Å². The Bertz CT molecular complexity index is 1690. The number of pyridine rings is 2. The maximum atomic E-state index is 11.2. The van der Waals surface area contributed by atoms with Crippen LogP contribution in [0, 0.1) is 5.92 Å². The van der Waals surface area contributed by atoms with E-state index in [-0.39, 0.29) is 30.1 Å². The van der Waals surface area contributed by atoms with Crippen molar-refractivity contribution >= 4 is 34.3 Å². The standard InChI is InChI=1S/C27H22ClN7O3/c1-35-8-6-21(34-35)24-23(16-9-14-3-2-7-30-22(14)20(28)10-16)33-26(25(29)32-24)38-13-17-5-4-15(12-31-17)18-11-19(18)27(36)37/h2-10,12,18-19H,11,13H2,1H3,(H2,29,32)(H,36,37). The van der Waals surface area contributed by atoms with Crippen molar-refractivity contribution in [2.24, 2.45) is 13.0 Å². The first kappa shape index (κ1) is 23.8. The van der Waals surface area contributed by atoms with Crippen LogP contribution in [0.5, 0.6) is 5.88 Å². The lowest BCUT2D eigenvalue weighted by atomic mass is 10.0. The normalized spacial score (nSPS) is 16.5. The summed E-state index contributed by atoms with van der Waals surface area (Å²) in [5.74, 6) is -0.820. The van der Waals surface area contributed by atoms with E-state index in [9.17, 15) is 4.79 Å². The number of hydrogen-bond donors (Lipinski definition) is 2. The fourth-order valence-corrected chi connectivity index (χ4v) is 4.74. The molecule has 2 atom stereocenters. The number of carbonyl (C=O) groups is 1. The largest absolute Gasteiger partial charge is 0.481 e. The predicted octanol–water partition coefficient (Wildman–Crippen LogP) is 4.49. The minimum atomic E-state index is -0.773. The summed E-state index contributed by atoms with van der Waals surface area (Å²) >= 11 is 6.57. The van der Waals surface area contributed by atoms with Crippen LogP contribution in [-0.2, 0) is 18.4 Å². The van der Waals surface area contributed by atoms with Gasteiger partial charge in [0, 0.05) is 36.6 Å². The summed E-state index contributed by atoms with van der Waals surface area (Å²) in [7, 11) is 1.82. The lowest BCUT2D eigenvalue weighted by Gasteiger charge is -2.13. The second-order valence-corrected chi connectivity index (χ2v) is 9.58. The Hall–Kier alpha value is -4.57. The summed E-state index contributed by atoms with van der Waals surface area (Å²) in [6, 6.07) is 13.0. The van der Waals surface area contributed by atoms with Gasteiger partial charge in [-0.2, -0.15) is 5.10 Å². The van der Waals surface area contributed by atoms with E-state index in [2.05, 4.69) is 20.1 Å². The van der Waals surface area contributed by atoms with Crippen molar-refractivity contribution in [3.8, 4) is 28.5 Å². The lowest BCUT2D eigenvalue weighted by Crippen LogP contribution is -2.07. The van der Waals surface area contributed by atoms with Crippen molar-refractivity contribution in [3.05, 3.63) is 77.3 Å². The van der Waals surface area contributed by atoms with E-state index >= 15 is 0 Å². The highest BCUT2D eigenvalue weighted by Gasteiger charge is 2.44. The molecule has 11 heteroatoms. The molecule has 0 bridgehead atoms. The van der Waals surface area contributed by atoms with Crippen LogP contribution in [-0.4, -0.2) is 40.8 Å². The zero-order chi connectivity index (χ0) is 26.4. The summed E-state index contributed by atoms with van der Waals surface area (Å²) in [4.78, 5) is 29.3. The molecule has 0 amide bonds. The van der Waals surface area contributed by atoms with E-state index in [4.69, 9.17) is 32.2 Å². The van der Waals surface area contributed by atoms with Crippen LogP contribution in [0.4, 0.5) is 5.82 Å². The average molecular weight is 528 g/mol. The quantitative estimate of drug-likeness (QED) is 0.313. The fourth-order valence-electron chi connectivity index (χ4n) is 4.46. The number of hydrogen-bond acceptors (Lipinski definition) is 8. The van der Waals surface area contributed by atoms with Crippen LogP contribution in [0.15, 0.2) is 61.1 Å². The van der Waals surface area contributed by atoms with Crippen LogP contribution >= 0.6 is 11.6 Å². The number of anilines is 1. The molecule has 1 aliphatic rings. The number of carboxylic acids is 1. The molecule has 0 saturated heterocycles. The molecule has 10 nitrogen and oxygen atoms in total. The van der Waals surface area contributed by atoms with Crippen LogP contribution < -0.4 is 10.5 Å². The van der Waals surface area contributed by atoms with Gasteiger partial charge in [-0.05, 0) is 48.2 Å². The third kappa shape index (κ3) is 4.50. The Kier molecular flexibility index (Phi) is 5.88. The maximum absolute atomic E-state index is 11.2. The molecular weight excluding hydrogens is 506 g/mol. The van der Waals surface area contributed by atoms with Crippen molar-refractivity contribution in [1.29, 1.82) is 0 Å². The zero-order valence-electron chi connectivity index (χ0n) is 20.2. The molecule has 38 heavy (non-hydrogen) atoms. The number of halogens is 1. The third-order valence-corrected chi connectivity index (χ3v) is 6.81. The van der Waals surface area contributed by atoms with E-state index in [0.29, 0.717) is 45.3 Å². The smallest absolute Gasteiger partial charge is 0.307 e. The first-order valence-corrected chi connectivity index (χ1v) is 12.3. The molecule has 190 valence electrons. The summed E-state index contributed by atoms with van der Waals surface area (Å²) in [5, 5.41) is 15.0. The van der Waals surface area contributed by atoms with Gasteiger partial charge in [0.25, 0.3) is 5.88 Å². The molecule has 0 radical (unpaired) electrons. The Morgan fingerprint density at radius 2 is 2.05 bits per heavy atom. The topological polar surface area (TPSA) is 142 Å². The summed E-state index contributed by atoms with van der Waals surface area (Å²) in [6.07, 6.45) is 5.84. The molecule has 1 saturated carbocycles. The highest BCUT2D eigenvalue weighted by Crippen LogP contribution is 2.47. The van der Waals surface area contributed by atoms with Gasteiger partial charge >= 0.3 is 5.97 Å². The van der Waals surface area contributed by atoms with Gasteiger partial charge in [0.2, 0.25) is 0 Å². The molecule has 4 heterocycles. The second kappa shape index (κ2) is 9.38. The van der Waals surface area contributed by atoms with Gasteiger partial charge < -0.3 is 15.6 Å². The summed E-state index contributed by atoms with van der Waals surface area (Å²) in [5.41, 5.74) is 10.8. The summed E-state index contributed by atoms with van der Waals surface area (Å²) in [6.45, 7) is 0.108. The van der Waals surface area contributed by atoms with Crippen LogP contribution in [0.3, 0.4) is 0 Å². The van der Waals surface area contributed by atoms with Crippen molar-refractivity contribution < 1.29 is 14.6 Å². The third-order valence-electron chi connectivity index (χ3n) is 6.52. The van der Waals surface area contributed by atoms with E-state index in [0.717, 1.165) is 10.9 Å². The number of aryl methyl sites for hydroxylation is 1. The monoisotopic (exact) mass is 527 g/mol. The number of ether oxygens (including phenoxy) is 1. The van der Waals surface area contributed by atoms with E-state index in [1.54, 1.807) is 23.1 Å². The number of nitrogen functional groups attached to an aromatic ring is 1. The number of carboxylic acid groups (broad SMARTS) is 1. The van der Waals surface area contributed by atoms with Gasteiger partial charge in [-0.15, -0.1) is 0 Å². The molecule has 1 aliphatic carbocycles. The van der Waals surface area contributed by atoms with Gasteiger partial charge in [0.05, 0.1) is 22.2 Å². The second-order valence-electron chi connectivity index (χ2n) is 9.18. The van der Waals surface area contributed by atoms with Crippen LogP contribution in [0.25, 0.3) is 33.5 Å². The predicted molar refractivity (Wildman–Crippen MR) is 141 cm³/mol. The van der Waals surface area contributed by atoms with Crippen LogP contribution in [0.1, 0.15) is 23.6 Å². The van der Waals surface area contributed by atoms with E-state index in [1.807, 2.05) is 49.6 Å². The van der Waals surface area contributed by atoms with Gasteiger partial charge in [-0.3, -0.25) is 19.4 Å². The Balaban J connectivity index is 1.33. The fraction of sp³-hybridized carbons (Fsp3) is 0.185. The number of nitrogens with zero attached hydrogens (tertiary/aromatic N) is 6. The first-order valence-electron chi connectivity index (χ1n) is 11.9. The molecule has 0 spiro atoms. The highest BCUT2D eigenvalue weighted by molar-refractivity contribution is 6.35. The lowest BCUT2D eigenvalue weighted by molar-refractivity contribution is -0.138. The Labute approximate surface area is 222 Å². The molecular formula is C27H22ClN7O3. The van der Waals surface area contributed by atoms with Gasteiger partial charge in [-0.25, -0.2) is 9.97 Å². The molecule has 3 N–H and O–H groups in total. The van der Waals surface area contributed by atoms with Gasteiger partial charge in [-0.1, -0.05) is 23.7 Å². The minimum Gasteiger partial charge on any atom is -0.481 e. The van der Waals surface area contributed by atoms with Crippen molar-refractivity contribution in [2.45, 2.75) is 18.9 Å². The van der Waals surface area contributed by atoms with Gasteiger partial charge in [0.1, 0.15) is 23.7 Å². The Morgan fingerprint density at radius 3 is 2.76 bits per heavy atom. The average Bonchev–Trinajstić information content (AvgIpc) is 3.61. The van der Waals surface area contributed by atoms with Crippen LogP contribution in [0.2, 0.25) is 5.02 Å². The molecule has 2 unspecified atom stereocenters. The zero-order valence-corrected chi connectivity index (χ0v) is 21.0. The van der Waals surface area contributed by atoms with Crippen molar-refractivity contribution in [3.63, 3.8) is 0 Å².